The molecular weight excluding hydrogens is 337 g/mol. The van der Waals surface area contributed by atoms with Crippen LogP contribution in [0.2, 0.25) is 5.02 Å². The molecular formula is C12H9ClFN3O2S2. The number of benzene rings is 1. The number of aromatic nitrogens is 1. The van der Waals surface area contributed by atoms with E-state index in [1.165, 1.54) is 30.5 Å². The molecule has 110 valence electrons. The van der Waals surface area contributed by atoms with E-state index in [0.29, 0.717) is 5.56 Å². The Labute approximate surface area is 131 Å². The van der Waals surface area contributed by atoms with Crippen molar-refractivity contribution in [1.82, 2.24) is 4.98 Å². The summed E-state index contributed by atoms with van der Waals surface area (Å²) in [5, 5.41) is -0.625. The maximum atomic E-state index is 13.5. The van der Waals surface area contributed by atoms with Crippen LogP contribution in [0.4, 0.5) is 10.1 Å². The number of halogens is 2. The predicted octanol–water partition coefficient (Wildman–Crippen LogP) is 2.31. The third-order valence-electron chi connectivity index (χ3n) is 2.48. The van der Waals surface area contributed by atoms with Crippen LogP contribution in [0, 0.1) is 5.82 Å². The van der Waals surface area contributed by atoms with Crippen LogP contribution in [0.15, 0.2) is 41.6 Å². The van der Waals surface area contributed by atoms with Crippen molar-refractivity contribution in [2.45, 2.75) is 5.03 Å². The van der Waals surface area contributed by atoms with E-state index in [1.54, 1.807) is 0 Å². The SMILES string of the molecule is NC(=S)c1ccc(NS(=O)(=O)c2ncccc2F)c(Cl)c1. The average molecular weight is 346 g/mol. The third-order valence-corrected chi connectivity index (χ3v) is 4.32. The number of nitrogens with one attached hydrogen (secondary N) is 1. The van der Waals surface area contributed by atoms with Gasteiger partial charge < -0.3 is 5.73 Å². The molecule has 0 atom stereocenters. The maximum absolute atomic E-state index is 13.5. The fourth-order valence-electron chi connectivity index (χ4n) is 1.51. The fraction of sp³-hybridized carbons (Fsp3) is 0. The lowest BCUT2D eigenvalue weighted by Gasteiger charge is -2.10. The van der Waals surface area contributed by atoms with E-state index < -0.39 is 20.9 Å². The lowest BCUT2D eigenvalue weighted by atomic mass is 10.2. The molecule has 0 saturated carbocycles. The van der Waals surface area contributed by atoms with Crippen molar-refractivity contribution in [2.24, 2.45) is 5.73 Å². The van der Waals surface area contributed by atoms with Crippen molar-refractivity contribution in [2.75, 3.05) is 4.72 Å². The topological polar surface area (TPSA) is 85.1 Å². The Morgan fingerprint density at radius 1 is 1.38 bits per heavy atom. The number of rotatable bonds is 4. The highest BCUT2D eigenvalue weighted by Crippen LogP contribution is 2.26. The Morgan fingerprint density at radius 2 is 2.10 bits per heavy atom. The van der Waals surface area contributed by atoms with E-state index in [1.807, 2.05) is 0 Å². The number of nitrogens with zero attached hydrogens (tertiary/aromatic N) is 1. The van der Waals surface area contributed by atoms with Gasteiger partial charge in [0.1, 0.15) is 4.99 Å². The first-order valence-corrected chi connectivity index (χ1v) is 7.81. The number of anilines is 1. The molecule has 0 unspecified atom stereocenters. The van der Waals surface area contributed by atoms with Crippen LogP contribution in [-0.4, -0.2) is 18.4 Å². The summed E-state index contributed by atoms with van der Waals surface area (Å²) in [6, 6.07) is 6.59. The number of hydrogen-bond donors (Lipinski definition) is 2. The minimum absolute atomic E-state index is 0.0710. The largest absolute Gasteiger partial charge is 0.389 e. The minimum atomic E-state index is -4.18. The van der Waals surface area contributed by atoms with E-state index in [9.17, 15) is 12.8 Å². The van der Waals surface area contributed by atoms with Crippen molar-refractivity contribution < 1.29 is 12.8 Å². The molecule has 0 saturated heterocycles. The predicted molar refractivity (Wildman–Crippen MR) is 82.3 cm³/mol. The van der Waals surface area contributed by atoms with Gasteiger partial charge in [-0.25, -0.2) is 9.37 Å². The summed E-state index contributed by atoms with van der Waals surface area (Å²) in [6.45, 7) is 0. The molecule has 2 aromatic rings. The maximum Gasteiger partial charge on any atom is 0.282 e. The zero-order valence-corrected chi connectivity index (χ0v) is 12.8. The van der Waals surface area contributed by atoms with Crippen LogP contribution in [0.25, 0.3) is 0 Å². The Hall–Kier alpha value is -1.77. The number of nitrogens with two attached hydrogens (primary N) is 1. The summed E-state index contributed by atoms with van der Waals surface area (Å²) in [4.78, 5) is 3.64. The summed E-state index contributed by atoms with van der Waals surface area (Å²) in [6.07, 6.45) is 1.18. The second kappa shape index (κ2) is 5.92. The average Bonchev–Trinajstić information content (AvgIpc) is 2.41. The Bertz CT molecular complexity index is 812. The molecule has 0 aliphatic rings. The number of thiocarbonyl (C=S) groups is 1. The molecule has 0 radical (unpaired) electrons. The molecule has 0 aliphatic carbocycles. The molecule has 0 amide bonds. The lowest BCUT2D eigenvalue weighted by molar-refractivity contribution is 0.557. The molecule has 21 heavy (non-hydrogen) atoms. The molecule has 3 N–H and O–H groups in total. The highest BCUT2D eigenvalue weighted by Gasteiger charge is 2.21. The molecule has 5 nitrogen and oxygen atoms in total. The van der Waals surface area contributed by atoms with Crippen molar-refractivity contribution in [3.63, 3.8) is 0 Å². The van der Waals surface area contributed by atoms with Gasteiger partial charge in [0.2, 0.25) is 5.03 Å². The van der Waals surface area contributed by atoms with Gasteiger partial charge in [-0.1, -0.05) is 23.8 Å². The second-order valence-corrected chi connectivity index (χ2v) is 6.40. The molecule has 1 heterocycles. The molecule has 0 fully saturated rings. The van der Waals surface area contributed by atoms with E-state index in [4.69, 9.17) is 29.6 Å². The van der Waals surface area contributed by atoms with Gasteiger partial charge in [0, 0.05) is 11.8 Å². The smallest absolute Gasteiger partial charge is 0.282 e. The van der Waals surface area contributed by atoms with Gasteiger partial charge in [-0.05, 0) is 30.3 Å². The van der Waals surface area contributed by atoms with Gasteiger partial charge in [0.25, 0.3) is 10.0 Å². The quantitative estimate of drug-likeness (QED) is 0.830. The summed E-state index contributed by atoms with van der Waals surface area (Å²) >= 11 is 10.7. The summed E-state index contributed by atoms with van der Waals surface area (Å²) < 4.78 is 39.8. The second-order valence-electron chi connectivity index (χ2n) is 3.95. The highest BCUT2D eigenvalue weighted by molar-refractivity contribution is 7.92. The van der Waals surface area contributed by atoms with E-state index in [-0.39, 0.29) is 15.7 Å². The van der Waals surface area contributed by atoms with Crippen molar-refractivity contribution in [3.05, 3.63) is 52.9 Å². The molecule has 2 rings (SSSR count). The van der Waals surface area contributed by atoms with Gasteiger partial charge in [-0.15, -0.1) is 0 Å². The van der Waals surface area contributed by atoms with Crippen LogP contribution in [0.3, 0.4) is 0 Å². The van der Waals surface area contributed by atoms with Gasteiger partial charge in [0.15, 0.2) is 5.82 Å². The fourth-order valence-corrected chi connectivity index (χ4v) is 3.01. The monoisotopic (exact) mass is 345 g/mol. The molecule has 0 aliphatic heterocycles. The molecule has 1 aromatic heterocycles. The van der Waals surface area contributed by atoms with Crippen LogP contribution >= 0.6 is 23.8 Å². The number of hydrogen-bond acceptors (Lipinski definition) is 4. The van der Waals surface area contributed by atoms with Crippen LogP contribution in [0.1, 0.15) is 5.56 Å². The third kappa shape index (κ3) is 3.46. The first-order valence-electron chi connectivity index (χ1n) is 5.54. The minimum Gasteiger partial charge on any atom is -0.389 e. The van der Waals surface area contributed by atoms with Crippen molar-refractivity contribution in [3.8, 4) is 0 Å². The Morgan fingerprint density at radius 3 is 2.67 bits per heavy atom. The first-order chi connectivity index (χ1) is 9.81. The molecule has 0 bridgehead atoms. The number of sulfonamides is 1. The van der Waals surface area contributed by atoms with Crippen molar-refractivity contribution in [1.29, 1.82) is 0 Å². The van der Waals surface area contributed by atoms with Crippen LogP contribution < -0.4 is 10.5 Å². The van der Waals surface area contributed by atoms with Gasteiger partial charge in [-0.3, -0.25) is 4.72 Å². The number of pyridine rings is 1. The van der Waals surface area contributed by atoms with E-state index in [2.05, 4.69) is 9.71 Å². The van der Waals surface area contributed by atoms with Crippen LogP contribution in [0.5, 0.6) is 0 Å². The van der Waals surface area contributed by atoms with Gasteiger partial charge >= 0.3 is 0 Å². The highest BCUT2D eigenvalue weighted by atomic mass is 35.5. The molecule has 0 spiro atoms. The van der Waals surface area contributed by atoms with E-state index >= 15 is 0 Å². The van der Waals surface area contributed by atoms with Gasteiger partial charge in [0.05, 0.1) is 10.7 Å². The first kappa shape index (κ1) is 15.6. The Kier molecular flexibility index (Phi) is 4.40. The lowest BCUT2D eigenvalue weighted by Crippen LogP contribution is -2.17. The standard InChI is InChI=1S/C12H9ClFN3O2S2/c13-8-6-7(11(15)20)3-4-10(8)17-21(18,19)12-9(14)2-1-5-16-12/h1-6,17H,(H2,15,20). The summed E-state index contributed by atoms with van der Waals surface area (Å²) in [5.74, 6) is -0.958. The zero-order chi connectivity index (χ0) is 15.6. The Balaban J connectivity index is 2.38. The molecule has 1 aromatic carbocycles. The van der Waals surface area contributed by atoms with Crippen molar-refractivity contribution >= 4 is 44.5 Å². The summed E-state index contributed by atoms with van der Waals surface area (Å²) in [7, 11) is -4.18. The zero-order valence-electron chi connectivity index (χ0n) is 10.4. The summed E-state index contributed by atoms with van der Waals surface area (Å²) in [5.41, 5.74) is 6.00. The van der Waals surface area contributed by atoms with Gasteiger partial charge in [-0.2, -0.15) is 8.42 Å². The van der Waals surface area contributed by atoms with Crippen LogP contribution in [-0.2, 0) is 10.0 Å². The molecule has 9 heteroatoms. The normalized spacial score (nSPS) is 11.1. The van der Waals surface area contributed by atoms with E-state index in [0.717, 1.165) is 6.07 Å².